The van der Waals surface area contributed by atoms with Gasteiger partial charge in [0.2, 0.25) is 0 Å². The lowest BCUT2D eigenvalue weighted by Gasteiger charge is -2.50. The Labute approximate surface area is 173 Å². The van der Waals surface area contributed by atoms with E-state index < -0.39 is 18.0 Å². The average molecular weight is 401 g/mol. The monoisotopic (exact) mass is 400 g/mol. The van der Waals surface area contributed by atoms with Gasteiger partial charge in [-0.2, -0.15) is 0 Å². The highest BCUT2D eigenvalue weighted by Crippen LogP contribution is 2.39. The Hall–Kier alpha value is -1.76. The van der Waals surface area contributed by atoms with Crippen molar-refractivity contribution in [3.05, 3.63) is 71.8 Å². The fourth-order valence-corrected chi connectivity index (χ4v) is 3.91. The average Bonchev–Trinajstić information content (AvgIpc) is 2.77. The van der Waals surface area contributed by atoms with Crippen LogP contribution in [0.25, 0.3) is 0 Å². The van der Waals surface area contributed by atoms with Crippen LogP contribution in [-0.4, -0.2) is 42.9 Å². The van der Waals surface area contributed by atoms with E-state index in [9.17, 15) is 5.11 Å². The van der Waals surface area contributed by atoms with Gasteiger partial charge in [-0.25, -0.2) is 0 Å². The van der Waals surface area contributed by atoms with E-state index in [-0.39, 0.29) is 12.0 Å². The molecule has 0 amide bonds. The summed E-state index contributed by atoms with van der Waals surface area (Å²) < 4.78 is 23.7. The maximum absolute atomic E-state index is 11.5. The van der Waals surface area contributed by atoms with Crippen LogP contribution in [-0.2, 0) is 32.2 Å². The van der Waals surface area contributed by atoms with E-state index in [1.807, 2.05) is 74.5 Å². The van der Waals surface area contributed by atoms with Crippen molar-refractivity contribution in [1.82, 2.24) is 0 Å². The van der Waals surface area contributed by atoms with Gasteiger partial charge in [-0.1, -0.05) is 74.5 Å². The first kappa shape index (κ1) is 21.9. The third kappa shape index (κ3) is 5.24. The van der Waals surface area contributed by atoms with Gasteiger partial charge in [0.1, 0.15) is 11.7 Å². The summed E-state index contributed by atoms with van der Waals surface area (Å²) in [5.74, 6) is -0.171. The van der Waals surface area contributed by atoms with Crippen LogP contribution in [0, 0.1) is 5.92 Å². The zero-order chi connectivity index (χ0) is 20.7. The van der Waals surface area contributed by atoms with Crippen molar-refractivity contribution < 1.29 is 24.1 Å². The lowest BCUT2D eigenvalue weighted by atomic mass is 9.76. The zero-order valence-corrected chi connectivity index (χ0v) is 17.5. The molecule has 0 radical (unpaired) electrons. The predicted molar refractivity (Wildman–Crippen MR) is 111 cm³/mol. The molecule has 1 N–H and O–H groups in total. The molecule has 3 rings (SSSR count). The third-order valence-corrected chi connectivity index (χ3v) is 5.86. The molecule has 1 fully saturated rings. The van der Waals surface area contributed by atoms with E-state index >= 15 is 0 Å². The largest absolute Gasteiger partial charge is 0.387 e. The smallest absolute Gasteiger partial charge is 0.186 e. The quantitative estimate of drug-likeness (QED) is 0.691. The second-order valence-corrected chi connectivity index (χ2v) is 7.63. The topological polar surface area (TPSA) is 57.2 Å². The minimum Gasteiger partial charge on any atom is -0.387 e. The maximum atomic E-state index is 11.5. The van der Waals surface area contributed by atoms with Crippen molar-refractivity contribution >= 4 is 0 Å². The Morgan fingerprint density at radius 1 is 0.966 bits per heavy atom. The molecule has 0 aromatic heterocycles. The van der Waals surface area contributed by atoms with Gasteiger partial charge >= 0.3 is 0 Å². The number of ether oxygens (including phenoxy) is 4. The van der Waals surface area contributed by atoms with E-state index in [2.05, 4.69) is 0 Å². The van der Waals surface area contributed by atoms with Crippen LogP contribution in [0.1, 0.15) is 31.4 Å². The van der Waals surface area contributed by atoms with Crippen LogP contribution < -0.4 is 0 Å². The summed E-state index contributed by atoms with van der Waals surface area (Å²) in [5.41, 5.74) is 1.07. The predicted octanol–water partition coefficient (Wildman–Crippen LogP) is 3.94. The van der Waals surface area contributed by atoms with Gasteiger partial charge in [0.25, 0.3) is 0 Å². The fraction of sp³-hybridized carbons (Fsp3) is 0.500. The number of aliphatic hydroxyl groups is 1. The molecular weight excluding hydrogens is 368 g/mol. The number of hydrogen-bond acceptors (Lipinski definition) is 5. The summed E-state index contributed by atoms with van der Waals surface area (Å²) >= 11 is 0. The second kappa shape index (κ2) is 10.3. The molecule has 5 heteroatoms. The van der Waals surface area contributed by atoms with Crippen molar-refractivity contribution in [2.24, 2.45) is 5.92 Å². The van der Waals surface area contributed by atoms with Gasteiger partial charge in [0.15, 0.2) is 6.29 Å². The van der Waals surface area contributed by atoms with Crippen LogP contribution in [0.3, 0.4) is 0 Å². The van der Waals surface area contributed by atoms with Crippen LogP contribution in [0.4, 0.5) is 0 Å². The first-order chi connectivity index (χ1) is 14.1. The Bertz CT molecular complexity index is 723. The number of benzene rings is 2. The Balaban J connectivity index is 1.65. The highest BCUT2D eigenvalue weighted by atomic mass is 16.7. The molecule has 1 heterocycles. The Morgan fingerprint density at radius 3 is 2.10 bits per heavy atom. The molecule has 0 saturated carbocycles. The molecule has 5 nitrogen and oxygen atoms in total. The van der Waals surface area contributed by atoms with Gasteiger partial charge in [0.05, 0.1) is 25.9 Å². The standard InChI is InChI=1S/C24H32O5/c1-4-24(25)18(2)21(17-27-15-19-11-7-5-8-12-19)29-23(26-3)22(24)28-16-20-13-9-6-10-14-20/h5-14,18,21-23,25H,4,15-17H2,1-3H3/t18-,21?,22?,23+,24-/m0/s1. The summed E-state index contributed by atoms with van der Waals surface area (Å²) in [4.78, 5) is 0. The molecule has 2 unspecified atom stereocenters. The van der Waals surface area contributed by atoms with Crippen molar-refractivity contribution in [2.75, 3.05) is 13.7 Å². The molecule has 2 aromatic carbocycles. The van der Waals surface area contributed by atoms with E-state index in [1.165, 1.54) is 0 Å². The van der Waals surface area contributed by atoms with Crippen LogP contribution in [0.15, 0.2) is 60.7 Å². The number of hydrogen-bond donors (Lipinski definition) is 1. The van der Waals surface area contributed by atoms with Gasteiger partial charge in [-0.15, -0.1) is 0 Å². The normalized spacial score (nSPS) is 29.7. The van der Waals surface area contributed by atoms with Gasteiger partial charge in [0, 0.05) is 13.0 Å². The SMILES string of the molecule is CC[C@@]1(O)C(OCc2ccccc2)[C@H](OC)OC(COCc2ccccc2)[C@@H]1C. The first-order valence-corrected chi connectivity index (χ1v) is 10.3. The van der Waals surface area contributed by atoms with E-state index in [4.69, 9.17) is 18.9 Å². The molecule has 158 valence electrons. The van der Waals surface area contributed by atoms with Gasteiger partial charge < -0.3 is 24.1 Å². The molecule has 1 saturated heterocycles. The van der Waals surface area contributed by atoms with Crippen molar-refractivity contribution in [1.29, 1.82) is 0 Å². The van der Waals surface area contributed by atoms with Crippen molar-refractivity contribution in [3.63, 3.8) is 0 Å². The van der Waals surface area contributed by atoms with E-state index in [0.717, 1.165) is 11.1 Å². The van der Waals surface area contributed by atoms with Gasteiger partial charge in [-0.3, -0.25) is 0 Å². The first-order valence-electron chi connectivity index (χ1n) is 10.3. The van der Waals surface area contributed by atoms with Crippen LogP contribution in [0.5, 0.6) is 0 Å². The molecule has 29 heavy (non-hydrogen) atoms. The molecule has 0 bridgehead atoms. The van der Waals surface area contributed by atoms with Crippen LogP contribution >= 0.6 is 0 Å². The lowest BCUT2D eigenvalue weighted by molar-refractivity contribution is -0.326. The Morgan fingerprint density at radius 2 is 1.55 bits per heavy atom. The maximum Gasteiger partial charge on any atom is 0.186 e. The van der Waals surface area contributed by atoms with E-state index in [1.54, 1.807) is 7.11 Å². The minimum atomic E-state index is -1.07. The summed E-state index contributed by atoms with van der Waals surface area (Å²) in [5, 5.41) is 11.5. The van der Waals surface area contributed by atoms with Gasteiger partial charge in [-0.05, 0) is 17.5 Å². The molecule has 0 spiro atoms. The Kier molecular flexibility index (Phi) is 7.81. The summed E-state index contributed by atoms with van der Waals surface area (Å²) in [6, 6.07) is 19.9. The highest BCUT2D eigenvalue weighted by Gasteiger charge is 2.53. The zero-order valence-electron chi connectivity index (χ0n) is 17.5. The molecule has 2 aromatic rings. The molecule has 1 aliphatic heterocycles. The molecule has 0 aliphatic carbocycles. The number of methoxy groups -OCH3 is 1. The molecular formula is C24H32O5. The molecule has 1 aliphatic rings. The fourth-order valence-electron chi connectivity index (χ4n) is 3.91. The minimum absolute atomic E-state index is 0.171. The summed E-state index contributed by atoms with van der Waals surface area (Å²) in [6.07, 6.45) is -1.00. The van der Waals surface area contributed by atoms with Crippen LogP contribution in [0.2, 0.25) is 0 Å². The lowest BCUT2D eigenvalue weighted by Crippen LogP contribution is -2.64. The van der Waals surface area contributed by atoms with Crippen molar-refractivity contribution in [3.8, 4) is 0 Å². The van der Waals surface area contributed by atoms with Crippen molar-refractivity contribution in [2.45, 2.75) is 57.6 Å². The highest BCUT2D eigenvalue weighted by molar-refractivity contribution is 5.14. The second-order valence-electron chi connectivity index (χ2n) is 7.63. The number of rotatable bonds is 9. The summed E-state index contributed by atoms with van der Waals surface area (Å²) in [6.45, 7) is 5.23. The summed E-state index contributed by atoms with van der Waals surface area (Å²) in [7, 11) is 1.58. The molecule has 5 atom stereocenters. The third-order valence-electron chi connectivity index (χ3n) is 5.86. The van der Waals surface area contributed by atoms with E-state index in [0.29, 0.717) is 26.2 Å².